The predicted molar refractivity (Wildman–Crippen MR) is 46.4 cm³/mol. The van der Waals surface area contributed by atoms with E-state index in [2.05, 4.69) is 6.92 Å². The summed E-state index contributed by atoms with van der Waals surface area (Å²) >= 11 is 0. The van der Waals surface area contributed by atoms with Crippen LogP contribution >= 0.6 is 0 Å². The molecule has 0 aliphatic heterocycles. The molecule has 1 heteroatoms. The molecule has 0 atom stereocenters. The van der Waals surface area contributed by atoms with Gasteiger partial charge in [-0.15, -0.1) is 0 Å². The van der Waals surface area contributed by atoms with E-state index in [4.69, 9.17) is 7.85 Å². The number of rotatable bonds is 2. The second kappa shape index (κ2) is 4.05. The molecule has 0 bridgehead atoms. The highest BCUT2D eigenvalue weighted by atomic mass is 14.2. The zero-order valence-electron chi connectivity index (χ0n) is 6.97. The zero-order chi connectivity index (χ0) is 7.40. The molecule has 1 fully saturated rings. The molecule has 0 amide bonds. The molecule has 56 valence electrons. The molecule has 1 aliphatic rings. The van der Waals surface area contributed by atoms with Crippen molar-refractivity contribution in [1.29, 1.82) is 0 Å². The van der Waals surface area contributed by atoms with Gasteiger partial charge < -0.3 is 0 Å². The van der Waals surface area contributed by atoms with E-state index >= 15 is 0 Å². The van der Waals surface area contributed by atoms with E-state index < -0.39 is 0 Å². The van der Waals surface area contributed by atoms with Crippen molar-refractivity contribution in [2.45, 2.75) is 51.3 Å². The fourth-order valence-corrected chi connectivity index (χ4v) is 1.89. The molecule has 0 unspecified atom stereocenters. The fourth-order valence-electron chi connectivity index (χ4n) is 1.89. The van der Waals surface area contributed by atoms with E-state index in [0.717, 1.165) is 5.92 Å². The Kier molecular flexibility index (Phi) is 3.31. The molecule has 0 saturated heterocycles. The van der Waals surface area contributed by atoms with Gasteiger partial charge in [0.05, 0.1) is 7.85 Å². The van der Waals surface area contributed by atoms with E-state index in [1.54, 1.807) is 0 Å². The normalized spacial score (nSPS) is 34.1. The Hall–Kier alpha value is 0.0649. The first-order chi connectivity index (χ1) is 4.83. The molecule has 0 spiro atoms. The Bertz CT molecular complexity index is 82.7. The molecule has 0 N–H and O–H groups in total. The maximum absolute atomic E-state index is 5.79. The second-order valence-corrected chi connectivity index (χ2v) is 3.57. The lowest BCUT2D eigenvalue weighted by Gasteiger charge is -2.25. The Balaban J connectivity index is 2.13. The third kappa shape index (κ3) is 2.36. The second-order valence-electron chi connectivity index (χ2n) is 3.57. The minimum atomic E-state index is 0.521. The smallest absolute Gasteiger partial charge is 0.0699 e. The number of hydrogen-bond donors (Lipinski definition) is 0. The molecule has 1 saturated carbocycles. The fraction of sp³-hybridized carbons (Fsp3) is 1.00. The van der Waals surface area contributed by atoms with Gasteiger partial charge in [0.2, 0.25) is 0 Å². The van der Waals surface area contributed by atoms with Crippen LogP contribution in [0.25, 0.3) is 0 Å². The van der Waals surface area contributed by atoms with Gasteiger partial charge in [-0.05, 0) is 5.92 Å². The first-order valence-corrected chi connectivity index (χ1v) is 4.58. The molecule has 0 heterocycles. The average molecular weight is 136 g/mol. The van der Waals surface area contributed by atoms with Crippen molar-refractivity contribution in [3.8, 4) is 0 Å². The molecule has 1 aliphatic carbocycles. The maximum atomic E-state index is 5.79. The van der Waals surface area contributed by atoms with Gasteiger partial charge in [-0.2, -0.15) is 0 Å². The Morgan fingerprint density at radius 2 is 1.80 bits per heavy atom. The molecular formula is C9H17B. The lowest BCUT2D eigenvalue weighted by atomic mass is 9.71. The van der Waals surface area contributed by atoms with Crippen LogP contribution in [0.3, 0.4) is 0 Å². The van der Waals surface area contributed by atoms with Crippen molar-refractivity contribution in [1.82, 2.24) is 0 Å². The van der Waals surface area contributed by atoms with Gasteiger partial charge in [-0.25, -0.2) is 0 Å². The molecule has 0 aromatic carbocycles. The van der Waals surface area contributed by atoms with Crippen molar-refractivity contribution in [3.63, 3.8) is 0 Å². The zero-order valence-corrected chi connectivity index (χ0v) is 6.97. The monoisotopic (exact) mass is 136 g/mol. The Morgan fingerprint density at radius 1 is 1.20 bits per heavy atom. The van der Waals surface area contributed by atoms with E-state index in [1.165, 1.54) is 38.5 Å². The van der Waals surface area contributed by atoms with Crippen molar-refractivity contribution in [2.75, 3.05) is 0 Å². The third-order valence-corrected chi connectivity index (χ3v) is 2.59. The van der Waals surface area contributed by atoms with Gasteiger partial charge in [0, 0.05) is 0 Å². The summed E-state index contributed by atoms with van der Waals surface area (Å²) < 4.78 is 0. The van der Waals surface area contributed by atoms with Crippen LogP contribution in [0.15, 0.2) is 0 Å². The lowest BCUT2D eigenvalue weighted by molar-refractivity contribution is 0.337. The van der Waals surface area contributed by atoms with E-state index in [1.807, 2.05) is 0 Å². The quantitative estimate of drug-likeness (QED) is 0.512. The summed E-state index contributed by atoms with van der Waals surface area (Å²) in [5.41, 5.74) is 0. The van der Waals surface area contributed by atoms with E-state index in [-0.39, 0.29) is 0 Å². The molecular weight excluding hydrogens is 119 g/mol. The van der Waals surface area contributed by atoms with Crippen LogP contribution in [-0.2, 0) is 0 Å². The Morgan fingerprint density at radius 3 is 2.30 bits per heavy atom. The van der Waals surface area contributed by atoms with Crippen LogP contribution in [0.1, 0.15) is 45.4 Å². The standard InChI is InChI=1S/C9H17B/c1-2-3-8-4-6-9(10)7-5-8/h8-9H,2-7H2,1H3. The highest BCUT2D eigenvalue weighted by Crippen LogP contribution is 2.32. The van der Waals surface area contributed by atoms with Crippen molar-refractivity contribution < 1.29 is 0 Å². The molecule has 1 rings (SSSR count). The summed E-state index contributed by atoms with van der Waals surface area (Å²) in [5, 5.41) is 0. The van der Waals surface area contributed by atoms with Crippen molar-refractivity contribution in [2.24, 2.45) is 5.92 Å². The topological polar surface area (TPSA) is 0 Å². The SMILES string of the molecule is [B]C1CCC(CCC)CC1. The molecule has 2 radical (unpaired) electrons. The summed E-state index contributed by atoms with van der Waals surface area (Å²) in [6.07, 6.45) is 8.08. The minimum absolute atomic E-state index is 0.521. The van der Waals surface area contributed by atoms with Gasteiger partial charge in [-0.3, -0.25) is 0 Å². The van der Waals surface area contributed by atoms with Crippen molar-refractivity contribution >= 4 is 7.85 Å². The van der Waals surface area contributed by atoms with Gasteiger partial charge in [0.1, 0.15) is 0 Å². The van der Waals surface area contributed by atoms with Crippen molar-refractivity contribution in [3.05, 3.63) is 0 Å². The molecule has 10 heavy (non-hydrogen) atoms. The largest absolute Gasteiger partial charge is 0.0774 e. The van der Waals surface area contributed by atoms with Gasteiger partial charge >= 0.3 is 0 Å². The van der Waals surface area contributed by atoms with Crippen LogP contribution in [0, 0.1) is 5.92 Å². The van der Waals surface area contributed by atoms with Crippen LogP contribution in [0.5, 0.6) is 0 Å². The summed E-state index contributed by atoms with van der Waals surface area (Å²) in [5.74, 6) is 1.53. The first kappa shape index (κ1) is 8.16. The molecule has 0 nitrogen and oxygen atoms in total. The number of hydrogen-bond acceptors (Lipinski definition) is 0. The minimum Gasteiger partial charge on any atom is -0.0774 e. The highest BCUT2D eigenvalue weighted by molar-refractivity contribution is 6.11. The summed E-state index contributed by atoms with van der Waals surface area (Å²) in [4.78, 5) is 0. The van der Waals surface area contributed by atoms with E-state index in [9.17, 15) is 0 Å². The molecule has 0 aromatic heterocycles. The summed E-state index contributed by atoms with van der Waals surface area (Å²) in [6.45, 7) is 2.27. The predicted octanol–water partition coefficient (Wildman–Crippen LogP) is 2.93. The summed E-state index contributed by atoms with van der Waals surface area (Å²) in [7, 11) is 5.79. The van der Waals surface area contributed by atoms with Gasteiger partial charge in [0.25, 0.3) is 0 Å². The lowest BCUT2D eigenvalue weighted by Crippen LogP contribution is -2.10. The summed E-state index contributed by atoms with van der Waals surface area (Å²) in [6, 6.07) is 0. The van der Waals surface area contributed by atoms with Gasteiger partial charge in [-0.1, -0.05) is 51.3 Å². The van der Waals surface area contributed by atoms with Crippen LogP contribution in [0.2, 0.25) is 5.82 Å². The van der Waals surface area contributed by atoms with Crippen LogP contribution in [0.4, 0.5) is 0 Å². The van der Waals surface area contributed by atoms with E-state index in [0.29, 0.717) is 5.82 Å². The first-order valence-electron chi connectivity index (χ1n) is 4.58. The Labute approximate surface area is 65.8 Å². The highest BCUT2D eigenvalue weighted by Gasteiger charge is 2.16. The van der Waals surface area contributed by atoms with Crippen LogP contribution in [-0.4, -0.2) is 7.85 Å². The third-order valence-electron chi connectivity index (χ3n) is 2.59. The van der Waals surface area contributed by atoms with Gasteiger partial charge in [0.15, 0.2) is 0 Å². The molecule has 0 aromatic rings. The van der Waals surface area contributed by atoms with Crippen LogP contribution < -0.4 is 0 Å². The average Bonchev–Trinajstić information content (AvgIpc) is 1.95. The maximum Gasteiger partial charge on any atom is 0.0699 e.